The van der Waals surface area contributed by atoms with Crippen molar-refractivity contribution < 1.29 is 19.0 Å². The van der Waals surface area contributed by atoms with E-state index < -0.39 is 12.1 Å². The molecule has 7 nitrogen and oxygen atoms in total. The number of thiophene rings is 1. The van der Waals surface area contributed by atoms with Crippen LogP contribution in [0.25, 0.3) is 10.2 Å². The van der Waals surface area contributed by atoms with Crippen molar-refractivity contribution in [2.45, 2.75) is 26.9 Å². The number of nitrogens with zero attached hydrogens (tertiary/aromatic N) is 1. The van der Waals surface area contributed by atoms with Crippen LogP contribution >= 0.6 is 11.3 Å². The molecule has 3 aromatic rings. The average molecular weight is 388 g/mol. The van der Waals surface area contributed by atoms with Crippen LogP contribution in [0.3, 0.4) is 0 Å². The molecule has 27 heavy (non-hydrogen) atoms. The molecule has 0 radical (unpaired) electrons. The largest absolute Gasteiger partial charge is 0.493 e. The second kappa shape index (κ2) is 7.79. The molecule has 142 valence electrons. The zero-order valence-corrected chi connectivity index (χ0v) is 16.3. The second-order valence-corrected chi connectivity index (χ2v) is 7.19. The molecule has 1 N–H and O–H groups in total. The molecule has 0 aliphatic rings. The van der Waals surface area contributed by atoms with Gasteiger partial charge in [-0.25, -0.2) is 9.78 Å². The van der Waals surface area contributed by atoms with Crippen molar-refractivity contribution in [3.8, 4) is 11.5 Å². The molecule has 2 heterocycles. The van der Waals surface area contributed by atoms with E-state index in [0.29, 0.717) is 27.5 Å². The highest BCUT2D eigenvalue weighted by molar-refractivity contribution is 7.18. The standard InChI is InChI=1S/C19H20N2O5S/c1-10-12(3)27-19-16(10)18(23)20-17(21-19)11(2)26-15(22)9-25-14-8-6-5-7-13(14)24-4/h5-8,11H,9H2,1-4H3,(H,20,21,23)/t11-/m0/s1. The third-order valence-electron chi connectivity index (χ3n) is 4.17. The van der Waals surface area contributed by atoms with Crippen LogP contribution < -0.4 is 15.0 Å². The first kappa shape index (κ1) is 18.9. The Morgan fingerprint density at radius 2 is 1.96 bits per heavy atom. The van der Waals surface area contributed by atoms with Crippen molar-refractivity contribution >= 4 is 27.5 Å². The van der Waals surface area contributed by atoms with Gasteiger partial charge in [-0.1, -0.05) is 12.1 Å². The van der Waals surface area contributed by atoms with Crippen molar-refractivity contribution in [1.29, 1.82) is 0 Å². The fraction of sp³-hybridized carbons (Fsp3) is 0.316. The first-order valence-corrected chi connectivity index (χ1v) is 9.17. The van der Waals surface area contributed by atoms with Crippen molar-refractivity contribution in [1.82, 2.24) is 9.97 Å². The maximum atomic E-state index is 12.3. The fourth-order valence-electron chi connectivity index (χ4n) is 2.63. The van der Waals surface area contributed by atoms with E-state index in [1.54, 1.807) is 31.2 Å². The molecule has 0 aliphatic heterocycles. The lowest BCUT2D eigenvalue weighted by Gasteiger charge is -2.14. The molecular formula is C19H20N2O5S. The quantitative estimate of drug-likeness (QED) is 0.652. The average Bonchev–Trinajstić information content (AvgIpc) is 2.94. The summed E-state index contributed by atoms with van der Waals surface area (Å²) in [6.07, 6.45) is -0.710. The summed E-state index contributed by atoms with van der Waals surface area (Å²) in [5.41, 5.74) is 0.690. The molecule has 2 aromatic heterocycles. The molecule has 3 rings (SSSR count). The van der Waals surface area contributed by atoms with Gasteiger partial charge < -0.3 is 19.2 Å². The van der Waals surface area contributed by atoms with Crippen LogP contribution in [-0.4, -0.2) is 29.7 Å². The Labute approximate surface area is 159 Å². The summed E-state index contributed by atoms with van der Waals surface area (Å²) in [7, 11) is 1.52. The Hall–Kier alpha value is -2.87. The van der Waals surface area contributed by atoms with Gasteiger partial charge in [-0.15, -0.1) is 11.3 Å². The number of H-pyrrole nitrogens is 1. The molecule has 0 spiro atoms. The van der Waals surface area contributed by atoms with Gasteiger partial charge in [0.25, 0.3) is 5.56 Å². The summed E-state index contributed by atoms with van der Waals surface area (Å²) in [6, 6.07) is 7.01. The molecule has 0 saturated heterocycles. The molecule has 1 aromatic carbocycles. The highest BCUT2D eigenvalue weighted by Gasteiger charge is 2.18. The van der Waals surface area contributed by atoms with Crippen LogP contribution in [0.5, 0.6) is 11.5 Å². The number of para-hydroxylation sites is 2. The van der Waals surface area contributed by atoms with E-state index in [0.717, 1.165) is 10.4 Å². The number of nitrogens with one attached hydrogen (secondary N) is 1. The Bertz CT molecular complexity index is 1040. The van der Waals surface area contributed by atoms with Crippen LogP contribution in [0.1, 0.15) is 29.3 Å². The van der Waals surface area contributed by atoms with Gasteiger partial charge in [0.05, 0.1) is 12.5 Å². The summed E-state index contributed by atoms with van der Waals surface area (Å²) >= 11 is 1.44. The number of carbonyl (C=O) groups is 1. The molecule has 0 amide bonds. The number of methoxy groups -OCH3 is 1. The van der Waals surface area contributed by atoms with Crippen molar-refractivity contribution in [3.05, 3.63) is 50.9 Å². The number of hydrogen-bond donors (Lipinski definition) is 1. The number of carbonyl (C=O) groups excluding carboxylic acids is 1. The normalized spacial score (nSPS) is 12.0. The molecule has 0 aliphatic carbocycles. The smallest absolute Gasteiger partial charge is 0.344 e. The predicted octanol–water partition coefficient (Wildman–Crippen LogP) is 3.29. The van der Waals surface area contributed by atoms with Gasteiger partial charge in [-0.2, -0.15) is 0 Å². The van der Waals surface area contributed by atoms with Crippen molar-refractivity contribution in [3.63, 3.8) is 0 Å². The minimum atomic E-state index is -0.710. The minimum Gasteiger partial charge on any atom is -0.493 e. The number of aromatic nitrogens is 2. The summed E-state index contributed by atoms with van der Waals surface area (Å²) < 4.78 is 16.0. The van der Waals surface area contributed by atoms with Gasteiger partial charge in [0.2, 0.25) is 0 Å². The van der Waals surface area contributed by atoms with Crippen molar-refractivity contribution in [2.75, 3.05) is 13.7 Å². The second-order valence-electron chi connectivity index (χ2n) is 5.99. The predicted molar refractivity (Wildman–Crippen MR) is 103 cm³/mol. The van der Waals surface area contributed by atoms with E-state index in [2.05, 4.69) is 9.97 Å². The van der Waals surface area contributed by atoms with Gasteiger partial charge in [0, 0.05) is 4.88 Å². The van der Waals surface area contributed by atoms with Gasteiger partial charge in [-0.05, 0) is 38.5 Å². The summed E-state index contributed by atoms with van der Waals surface area (Å²) in [4.78, 5) is 33.3. The van der Waals surface area contributed by atoms with Crippen LogP contribution in [0.4, 0.5) is 0 Å². The fourth-order valence-corrected chi connectivity index (χ4v) is 3.66. The van der Waals surface area contributed by atoms with Gasteiger partial charge >= 0.3 is 5.97 Å². The Kier molecular flexibility index (Phi) is 5.46. The molecular weight excluding hydrogens is 368 g/mol. The minimum absolute atomic E-state index is 0.231. The van der Waals surface area contributed by atoms with Gasteiger partial charge in [-0.3, -0.25) is 4.79 Å². The monoisotopic (exact) mass is 388 g/mol. The number of aromatic amines is 1. The molecule has 0 unspecified atom stereocenters. The van der Waals surface area contributed by atoms with E-state index in [-0.39, 0.29) is 12.2 Å². The van der Waals surface area contributed by atoms with E-state index in [4.69, 9.17) is 14.2 Å². The highest BCUT2D eigenvalue weighted by atomic mass is 32.1. The van der Waals surface area contributed by atoms with Gasteiger partial charge in [0.1, 0.15) is 4.83 Å². The zero-order chi connectivity index (χ0) is 19.6. The first-order chi connectivity index (χ1) is 12.9. The number of fused-ring (bicyclic) bond motifs is 1. The maximum absolute atomic E-state index is 12.3. The molecule has 1 atom stereocenters. The number of aryl methyl sites for hydroxylation is 2. The van der Waals surface area contributed by atoms with Crippen LogP contribution in [0, 0.1) is 13.8 Å². The van der Waals surface area contributed by atoms with E-state index in [1.165, 1.54) is 18.4 Å². The first-order valence-electron chi connectivity index (χ1n) is 8.36. The van der Waals surface area contributed by atoms with Gasteiger partial charge in [0.15, 0.2) is 30.0 Å². The lowest BCUT2D eigenvalue weighted by Crippen LogP contribution is -2.20. The van der Waals surface area contributed by atoms with Crippen LogP contribution in [0.2, 0.25) is 0 Å². The highest BCUT2D eigenvalue weighted by Crippen LogP contribution is 2.27. The summed E-state index contributed by atoms with van der Waals surface area (Å²) in [6.45, 7) is 5.20. The van der Waals surface area contributed by atoms with Crippen LogP contribution in [0.15, 0.2) is 29.1 Å². The zero-order valence-electron chi connectivity index (χ0n) is 15.5. The van der Waals surface area contributed by atoms with E-state index in [9.17, 15) is 9.59 Å². The van der Waals surface area contributed by atoms with E-state index in [1.807, 2.05) is 13.8 Å². The van der Waals surface area contributed by atoms with E-state index >= 15 is 0 Å². The number of benzene rings is 1. The molecule has 0 saturated carbocycles. The third-order valence-corrected chi connectivity index (χ3v) is 5.27. The molecule has 0 fully saturated rings. The SMILES string of the molecule is COc1ccccc1OCC(=O)O[C@@H](C)c1nc2sc(C)c(C)c2c(=O)[nH]1. The third kappa shape index (κ3) is 3.95. The number of rotatable bonds is 6. The summed E-state index contributed by atoms with van der Waals surface area (Å²) in [5.74, 6) is 0.703. The Balaban J connectivity index is 1.69. The maximum Gasteiger partial charge on any atom is 0.344 e. The Morgan fingerprint density at radius 3 is 2.67 bits per heavy atom. The topological polar surface area (TPSA) is 90.5 Å². The molecule has 0 bridgehead atoms. The molecule has 8 heteroatoms. The lowest BCUT2D eigenvalue weighted by molar-refractivity contribution is -0.151. The number of esters is 1. The Morgan fingerprint density at radius 1 is 1.26 bits per heavy atom. The number of ether oxygens (including phenoxy) is 3. The number of hydrogen-bond acceptors (Lipinski definition) is 7. The summed E-state index contributed by atoms with van der Waals surface area (Å²) in [5, 5.41) is 0.583. The van der Waals surface area contributed by atoms with Crippen molar-refractivity contribution in [2.24, 2.45) is 0 Å². The lowest BCUT2D eigenvalue weighted by atomic mass is 10.2. The van der Waals surface area contributed by atoms with Crippen LogP contribution in [-0.2, 0) is 9.53 Å².